The average molecular weight is 870 g/mol. The van der Waals surface area contributed by atoms with Crippen molar-refractivity contribution in [2.75, 3.05) is 0 Å². The van der Waals surface area contributed by atoms with Crippen LogP contribution in [0.2, 0.25) is 0 Å². The van der Waals surface area contributed by atoms with Gasteiger partial charge in [0.1, 0.15) is 5.65 Å². The molecule has 9 aromatic rings. The van der Waals surface area contributed by atoms with Crippen LogP contribution in [-0.4, -0.2) is 44.1 Å². The topological polar surface area (TPSA) is 105 Å². The number of pyridine rings is 4. The van der Waals surface area contributed by atoms with Crippen molar-refractivity contribution in [2.45, 2.75) is 137 Å². The van der Waals surface area contributed by atoms with E-state index in [2.05, 4.69) is 235 Å². The molecule has 0 atom stereocenters. The molecule has 0 amide bonds. The van der Waals surface area contributed by atoms with E-state index >= 15 is 0 Å². The SMILES string of the molecule is CC(C)(C)c1ccc2c(n1)=CCC=2.CC(C)(C)c1ccc2cc[nH]c2n1.CC(C)(C)c1ccc2ccnn2c1.CC(C)(C)c1ccc2cn[nH]c2c1.CC(C)(C)c1ccc2cncn2c1. The summed E-state index contributed by atoms with van der Waals surface area (Å²) in [5, 5.41) is 16.0. The number of fused-ring (bicyclic) bond motifs is 5. The molecule has 9 nitrogen and oxygen atoms in total. The van der Waals surface area contributed by atoms with Crippen LogP contribution in [0.25, 0.3) is 45.1 Å². The van der Waals surface area contributed by atoms with Gasteiger partial charge in [0.2, 0.25) is 0 Å². The van der Waals surface area contributed by atoms with E-state index < -0.39 is 0 Å². The zero-order valence-electron chi connectivity index (χ0n) is 41.5. The van der Waals surface area contributed by atoms with Gasteiger partial charge in [0.25, 0.3) is 0 Å². The minimum Gasteiger partial charge on any atom is -0.346 e. The maximum absolute atomic E-state index is 4.64. The Balaban J connectivity index is 0.000000135. The zero-order chi connectivity index (χ0) is 47.4. The highest BCUT2D eigenvalue weighted by Gasteiger charge is 2.18. The van der Waals surface area contributed by atoms with E-state index in [9.17, 15) is 0 Å². The third kappa shape index (κ3) is 12.7. The molecule has 65 heavy (non-hydrogen) atoms. The van der Waals surface area contributed by atoms with Gasteiger partial charge in [-0.1, -0.05) is 146 Å². The second kappa shape index (κ2) is 19.0. The number of nitrogens with zero attached hydrogens (tertiary/aromatic N) is 7. The van der Waals surface area contributed by atoms with Crippen molar-refractivity contribution < 1.29 is 0 Å². The molecule has 0 unspecified atom stereocenters. The van der Waals surface area contributed by atoms with Gasteiger partial charge in [0.05, 0.1) is 40.6 Å². The van der Waals surface area contributed by atoms with Crippen LogP contribution in [-0.2, 0) is 27.1 Å². The molecule has 0 saturated heterocycles. The Morgan fingerprint density at radius 3 is 1.83 bits per heavy atom. The van der Waals surface area contributed by atoms with Gasteiger partial charge in [-0.05, 0) is 93.1 Å². The maximum Gasteiger partial charge on any atom is 0.137 e. The predicted octanol–water partition coefficient (Wildman–Crippen LogP) is 12.3. The van der Waals surface area contributed by atoms with E-state index in [1.54, 1.807) is 0 Å². The Labute approximate surface area is 386 Å². The molecule has 0 aliphatic heterocycles. The first kappa shape index (κ1) is 48.1. The molecule has 10 rings (SSSR count). The van der Waals surface area contributed by atoms with E-state index in [1.807, 2.05) is 47.8 Å². The lowest BCUT2D eigenvalue weighted by molar-refractivity contribution is 0.566. The second-order valence-corrected chi connectivity index (χ2v) is 22.1. The monoisotopic (exact) mass is 870 g/mol. The number of hydrogen-bond acceptors (Lipinski definition) is 5. The summed E-state index contributed by atoms with van der Waals surface area (Å²) < 4.78 is 3.97. The first-order valence-corrected chi connectivity index (χ1v) is 22.8. The minimum atomic E-state index is 0.124. The van der Waals surface area contributed by atoms with Crippen LogP contribution in [0.4, 0.5) is 0 Å². The molecule has 0 spiro atoms. The summed E-state index contributed by atoms with van der Waals surface area (Å²) in [6.45, 7) is 33.0. The van der Waals surface area contributed by atoms with Crippen molar-refractivity contribution in [2.24, 2.45) is 0 Å². The van der Waals surface area contributed by atoms with Gasteiger partial charge < -0.3 is 9.38 Å². The molecule has 1 aliphatic rings. The third-order valence-corrected chi connectivity index (χ3v) is 11.4. The van der Waals surface area contributed by atoms with Crippen molar-refractivity contribution in [3.8, 4) is 0 Å². The molecule has 0 bridgehead atoms. The second-order valence-electron chi connectivity index (χ2n) is 22.1. The lowest BCUT2D eigenvalue weighted by atomic mass is 9.87. The van der Waals surface area contributed by atoms with E-state index in [0.717, 1.165) is 39.7 Å². The molecular formula is C56H71N9. The molecule has 0 fully saturated rings. The molecule has 8 heterocycles. The molecule has 2 N–H and O–H groups in total. The first-order valence-electron chi connectivity index (χ1n) is 22.8. The summed E-state index contributed by atoms with van der Waals surface area (Å²) in [5.41, 5.74) is 11.6. The molecule has 1 aromatic carbocycles. The summed E-state index contributed by atoms with van der Waals surface area (Å²) in [6.07, 6.45) is 19.0. The van der Waals surface area contributed by atoms with Gasteiger partial charge in [-0.15, -0.1) is 0 Å². The summed E-state index contributed by atoms with van der Waals surface area (Å²) in [5.74, 6) is 0. The highest BCUT2D eigenvalue weighted by molar-refractivity contribution is 5.78. The normalized spacial score (nSPS) is 12.7. The van der Waals surface area contributed by atoms with Crippen molar-refractivity contribution in [1.29, 1.82) is 0 Å². The quantitative estimate of drug-likeness (QED) is 0.158. The largest absolute Gasteiger partial charge is 0.346 e. The van der Waals surface area contributed by atoms with Crippen LogP contribution < -0.4 is 10.6 Å². The number of benzene rings is 1. The summed E-state index contributed by atoms with van der Waals surface area (Å²) in [6, 6.07) is 27.5. The molecule has 8 aromatic heterocycles. The zero-order valence-corrected chi connectivity index (χ0v) is 41.5. The smallest absolute Gasteiger partial charge is 0.137 e. The highest BCUT2D eigenvalue weighted by Crippen LogP contribution is 2.26. The number of aromatic nitrogens is 9. The number of nitrogens with one attached hydrogen (secondary N) is 2. The van der Waals surface area contributed by atoms with E-state index in [0.29, 0.717) is 0 Å². The van der Waals surface area contributed by atoms with E-state index in [1.165, 1.54) is 38.4 Å². The fourth-order valence-corrected chi connectivity index (χ4v) is 7.01. The van der Waals surface area contributed by atoms with E-state index in [4.69, 9.17) is 0 Å². The molecular weight excluding hydrogens is 799 g/mol. The summed E-state index contributed by atoms with van der Waals surface area (Å²) >= 11 is 0. The number of H-pyrrole nitrogens is 2. The van der Waals surface area contributed by atoms with Crippen LogP contribution in [0.1, 0.15) is 138 Å². The number of hydrogen-bond donors (Lipinski definition) is 2. The fourth-order valence-electron chi connectivity index (χ4n) is 7.01. The highest BCUT2D eigenvalue weighted by atomic mass is 15.2. The first-order chi connectivity index (χ1) is 30.4. The Morgan fingerprint density at radius 2 is 1.15 bits per heavy atom. The van der Waals surface area contributed by atoms with Gasteiger partial charge in [-0.2, -0.15) is 10.2 Å². The standard InChI is InChI=1S/C12H15N.4C11H14N2/c1-12(2,3)11-8-7-9-5-4-6-10(9)13-11;1-11(2,3)9-4-5-10-6-12-8-13(10)7-9;1-11(2,3)9-5-4-8-7-12-13-10(8)6-9;1-11(2,3)9-4-5-10-6-7-12-13(10)8-9;1-11(2,3)9-5-4-8-6-7-12-10(8)13-9/h5-8H,4H2,1-3H3;4-8H,1-3H3;4-7H,1-3H3,(H,12,13);4-8H,1-3H3;4-7H,1-3H3,(H,12,13). The Kier molecular flexibility index (Phi) is 14.1. The van der Waals surface area contributed by atoms with Crippen molar-refractivity contribution >= 4 is 45.1 Å². The van der Waals surface area contributed by atoms with Gasteiger partial charge >= 0.3 is 0 Å². The summed E-state index contributed by atoms with van der Waals surface area (Å²) in [4.78, 5) is 16.4. The molecule has 9 heteroatoms. The summed E-state index contributed by atoms with van der Waals surface area (Å²) in [7, 11) is 0. The van der Waals surface area contributed by atoms with Gasteiger partial charge in [0, 0.05) is 57.8 Å². The fraction of sp³-hybridized carbons (Fsp3) is 0.375. The lowest BCUT2D eigenvalue weighted by Gasteiger charge is -2.18. The van der Waals surface area contributed by atoms with Crippen LogP contribution in [0.3, 0.4) is 0 Å². The van der Waals surface area contributed by atoms with Crippen LogP contribution in [0.5, 0.6) is 0 Å². The maximum atomic E-state index is 4.64. The molecule has 0 radical (unpaired) electrons. The van der Waals surface area contributed by atoms with Crippen molar-refractivity contribution in [3.63, 3.8) is 0 Å². The Hall–Kier alpha value is -6.35. The molecule has 340 valence electrons. The number of imidazole rings is 1. The van der Waals surface area contributed by atoms with E-state index in [-0.39, 0.29) is 27.1 Å². The predicted molar refractivity (Wildman–Crippen MR) is 273 cm³/mol. The molecule has 1 aliphatic carbocycles. The minimum absolute atomic E-state index is 0.124. The lowest BCUT2D eigenvalue weighted by Crippen LogP contribution is -2.29. The number of rotatable bonds is 0. The third-order valence-electron chi connectivity index (χ3n) is 11.4. The molecule has 0 saturated carbocycles. The average Bonchev–Trinajstić information content (AvgIpc) is 4.09. The van der Waals surface area contributed by atoms with Gasteiger partial charge in [-0.3, -0.25) is 10.1 Å². The van der Waals surface area contributed by atoms with Crippen molar-refractivity contribution in [1.82, 2.24) is 44.1 Å². The van der Waals surface area contributed by atoms with Crippen LogP contribution in [0, 0.1) is 0 Å². The van der Waals surface area contributed by atoms with Gasteiger partial charge in [0.15, 0.2) is 0 Å². The van der Waals surface area contributed by atoms with Crippen LogP contribution in [0.15, 0.2) is 122 Å². The Morgan fingerprint density at radius 1 is 0.538 bits per heavy atom. The van der Waals surface area contributed by atoms with Crippen molar-refractivity contribution in [3.05, 3.63) is 161 Å². The van der Waals surface area contributed by atoms with Crippen LogP contribution >= 0.6 is 0 Å². The number of aromatic amines is 2. The Bertz CT molecular complexity index is 2770. The van der Waals surface area contributed by atoms with Gasteiger partial charge in [-0.25, -0.2) is 14.5 Å².